The number of hydrogen-bond donors (Lipinski definition) is 1. The summed E-state index contributed by atoms with van der Waals surface area (Å²) in [4.78, 5) is 16.9. The van der Waals surface area contributed by atoms with Gasteiger partial charge in [-0.25, -0.2) is 9.78 Å². The number of nitrogens with two attached hydrogens (primary N) is 1. The Hall–Kier alpha value is -1.88. The molecular weight excluding hydrogens is 236 g/mol. The van der Waals surface area contributed by atoms with Crippen LogP contribution in [0.4, 0.5) is 5.13 Å². The third kappa shape index (κ3) is 1.51. The van der Waals surface area contributed by atoms with Crippen molar-refractivity contribution in [2.24, 2.45) is 0 Å². The van der Waals surface area contributed by atoms with Crippen LogP contribution in [-0.2, 0) is 11.2 Å². The summed E-state index contributed by atoms with van der Waals surface area (Å²) >= 11 is 1.50. The number of ether oxygens (including phenoxy) is 1. The Balaban J connectivity index is 2.13. The van der Waals surface area contributed by atoms with Crippen LogP contribution in [0.2, 0.25) is 0 Å². The van der Waals surface area contributed by atoms with Crippen LogP contribution in [0.25, 0.3) is 11.3 Å². The van der Waals surface area contributed by atoms with E-state index < -0.39 is 0 Å². The fourth-order valence-corrected chi connectivity index (χ4v) is 2.94. The van der Waals surface area contributed by atoms with Gasteiger partial charge in [0.2, 0.25) is 0 Å². The molecule has 3 rings (SSSR count). The number of carbonyl (C=O) groups excluding carboxylic acids is 1. The molecule has 4 nitrogen and oxygen atoms in total. The van der Waals surface area contributed by atoms with Crippen molar-refractivity contribution in [1.29, 1.82) is 0 Å². The van der Waals surface area contributed by atoms with Crippen molar-refractivity contribution < 1.29 is 9.53 Å². The molecule has 0 spiro atoms. The maximum absolute atomic E-state index is 11.5. The van der Waals surface area contributed by atoms with Gasteiger partial charge in [0.25, 0.3) is 0 Å². The molecule has 1 aliphatic carbocycles. The monoisotopic (exact) mass is 246 g/mol. The van der Waals surface area contributed by atoms with Crippen molar-refractivity contribution in [2.75, 3.05) is 12.8 Å². The smallest absolute Gasteiger partial charge is 0.337 e. The average molecular weight is 246 g/mol. The second kappa shape index (κ2) is 3.56. The summed E-state index contributed by atoms with van der Waals surface area (Å²) in [7, 11) is 1.38. The van der Waals surface area contributed by atoms with Crippen LogP contribution in [0.3, 0.4) is 0 Å². The average Bonchev–Trinajstić information content (AvgIpc) is 2.83. The standard InChI is InChI=1S/C12H10N2O2S/c1-16-11(15)7-3-2-6-5-9-10(8(6)4-7)14-12(13)17-9/h2-4H,5H2,1H3,(H2,13,14). The van der Waals surface area contributed by atoms with Gasteiger partial charge in [0.05, 0.1) is 18.4 Å². The Bertz CT molecular complexity index is 619. The summed E-state index contributed by atoms with van der Waals surface area (Å²) in [6, 6.07) is 5.56. The minimum atomic E-state index is -0.329. The van der Waals surface area contributed by atoms with Gasteiger partial charge in [-0.2, -0.15) is 0 Å². The molecular formula is C12H10N2O2S. The summed E-state index contributed by atoms with van der Waals surface area (Å²) in [5, 5.41) is 0.573. The molecule has 0 saturated heterocycles. The zero-order valence-corrected chi connectivity index (χ0v) is 10.0. The predicted molar refractivity (Wildman–Crippen MR) is 66.1 cm³/mol. The van der Waals surface area contributed by atoms with Crippen LogP contribution in [0.1, 0.15) is 20.8 Å². The molecule has 2 N–H and O–H groups in total. The lowest BCUT2D eigenvalue weighted by atomic mass is 10.1. The van der Waals surface area contributed by atoms with Gasteiger partial charge in [-0.1, -0.05) is 6.07 Å². The Morgan fingerprint density at radius 1 is 1.53 bits per heavy atom. The summed E-state index contributed by atoms with van der Waals surface area (Å²) in [5.74, 6) is -0.329. The van der Waals surface area contributed by atoms with Crippen LogP contribution in [0.5, 0.6) is 0 Å². The minimum Gasteiger partial charge on any atom is -0.465 e. The quantitative estimate of drug-likeness (QED) is 0.668. The van der Waals surface area contributed by atoms with E-state index in [0.29, 0.717) is 10.7 Å². The van der Waals surface area contributed by atoms with E-state index in [0.717, 1.165) is 17.7 Å². The molecule has 0 atom stereocenters. The van der Waals surface area contributed by atoms with E-state index >= 15 is 0 Å². The zero-order valence-electron chi connectivity index (χ0n) is 9.19. The number of aromatic nitrogens is 1. The van der Waals surface area contributed by atoms with Gasteiger partial charge in [0.1, 0.15) is 0 Å². The number of thiazole rings is 1. The molecule has 0 unspecified atom stereocenters. The molecule has 0 fully saturated rings. The Labute approximate surface area is 102 Å². The first-order chi connectivity index (χ1) is 8.19. The largest absolute Gasteiger partial charge is 0.465 e. The van der Waals surface area contributed by atoms with E-state index in [1.54, 1.807) is 6.07 Å². The molecule has 17 heavy (non-hydrogen) atoms. The molecule has 0 aliphatic heterocycles. The van der Waals surface area contributed by atoms with Gasteiger partial charge >= 0.3 is 5.97 Å². The highest BCUT2D eigenvalue weighted by Gasteiger charge is 2.23. The number of anilines is 1. The summed E-state index contributed by atoms with van der Waals surface area (Å²) in [5.41, 5.74) is 9.33. The number of benzene rings is 1. The zero-order chi connectivity index (χ0) is 12.0. The lowest BCUT2D eigenvalue weighted by Gasteiger charge is -2.03. The number of nitrogens with zero attached hydrogens (tertiary/aromatic N) is 1. The topological polar surface area (TPSA) is 65.2 Å². The summed E-state index contributed by atoms with van der Waals surface area (Å²) < 4.78 is 4.71. The number of carbonyl (C=O) groups is 1. The molecule has 1 aromatic carbocycles. The van der Waals surface area contributed by atoms with Crippen molar-refractivity contribution in [3.05, 3.63) is 34.2 Å². The van der Waals surface area contributed by atoms with Crippen molar-refractivity contribution >= 4 is 22.4 Å². The number of esters is 1. The number of fused-ring (bicyclic) bond motifs is 3. The fraction of sp³-hybridized carbons (Fsp3) is 0.167. The fourth-order valence-electron chi connectivity index (χ4n) is 2.07. The molecule has 2 aromatic rings. The van der Waals surface area contributed by atoms with Gasteiger partial charge in [-0.15, -0.1) is 11.3 Å². The van der Waals surface area contributed by atoms with Crippen LogP contribution in [-0.4, -0.2) is 18.1 Å². The molecule has 0 bridgehead atoms. The second-order valence-corrected chi connectivity index (χ2v) is 4.98. The lowest BCUT2D eigenvalue weighted by molar-refractivity contribution is 0.0601. The van der Waals surface area contributed by atoms with Gasteiger partial charge in [-0.3, -0.25) is 0 Å². The first-order valence-corrected chi connectivity index (χ1v) is 5.97. The maximum atomic E-state index is 11.5. The van der Waals surface area contributed by atoms with Crippen molar-refractivity contribution in [3.63, 3.8) is 0 Å². The maximum Gasteiger partial charge on any atom is 0.337 e. The van der Waals surface area contributed by atoms with E-state index in [4.69, 9.17) is 10.5 Å². The van der Waals surface area contributed by atoms with Crippen LogP contribution < -0.4 is 5.73 Å². The van der Waals surface area contributed by atoms with Gasteiger partial charge in [0.15, 0.2) is 5.13 Å². The van der Waals surface area contributed by atoms with E-state index in [9.17, 15) is 4.79 Å². The van der Waals surface area contributed by atoms with Gasteiger partial charge in [-0.05, 0) is 17.7 Å². The molecule has 86 valence electrons. The van der Waals surface area contributed by atoms with E-state index in [1.807, 2.05) is 12.1 Å². The molecule has 0 radical (unpaired) electrons. The van der Waals surface area contributed by atoms with E-state index in [1.165, 1.54) is 28.9 Å². The normalized spacial score (nSPS) is 12.1. The highest BCUT2D eigenvalue weighted by molar-refractivity contribution is 7.15. The molecule has 1 aromatic heterocycles. The third-order valence-electron chi connectivity index (χ3n) is 2.85. The number of nitrogen functional groups attached to an aromatic ring is 1. The van der Waals surface area contributed by atoms with Crippen molar-refractivity contribution in [2.45, 2.75) is 6.42 Å². The van der Waals surface area contributed by atoms with Gasteiger partial charge in [0, 0.05) is 16.9 Å². The Morgan fingerprint density at radius 3 is 3.12 bits per heavy atom. The first-order valence-electron chi connectivity index (χ1n) is 5.16. The lowest BCUT2D eigenvalue weighted by Crippen LogP contribution is -2.01. The molecule has 1 aliphatic rings. The van der Waals surface area contributed by atoms with Crippen molar-refractivity contribution in [3.8, 4) is 11.3 Å². The summed E-state index contributed by atoms with van der Waals surface area (Å²) in [6.45, 7) is 0. The highest BCUT2D eigenvalue weighted by atomic mass is 32.1. The van der Waals surface area contributed by atoms with E-state index in [-0.39, 0.29) is 5.97 Å². The Morgan fingerprint density at radius 2 is 2.35 bits per heavy atom. The predicted octanol–water partition coefficient (Wildman–Crippen LogP) is 2.08. The van der Waals surface area contributed by atoms with Crippen molar-refractivity contribution in [1.82, 2.24) is 4.98 Å². The Kier molecular flexibility index (Phi) is 2.16. The third-order valence-corrected chi connectivity index (χ3v) is 3.74. The first kappa shape index (κ1) is 10.3. The van der Waals surface area contributed by atoms with Gasteiger partial charge < -0.3 is 10.5 Å². The number of rotatable bonds is 1. The van der Waals surface area contributed by atoms with Crippen LogP contribution >= 0.6 is 11.3 Å². The second-order valence-electron chi connectivity index (χ2n) is 3.86. The SMILES string of the molecule is COC(=O)c1ccc2c(c1)-c1nc(N)sc1C2. The molecule has 1 heterocycles. The van der Waals surface area contributed by atoms with Crippen LogP contribution in [0.15, 0.2) is 18.2 Å². The minimum absolute atomic E-state index is 0.329. The molecule has 5 heteroatoms. The number of methoxy groups -OCH3 is 1. The van der Waals surface area contributed by atoms with E-state index in [2.05, 4.69) is 4.98 Å². The highest BCUT2D eigenvalue weighted by Crippen LogP contribution is 2.40. The summed E-state index contributed by atoms with van der Waals surface area (Å²) in [6.07, 6.45) is 0.848. The molecule has 0 amide bonds. The van der Waals surface area contributed by atoms with Crippen LogP contribution in [0, 0.1) is 0 Å². The molecule has 0 saturated carbocycles. The number of hydrogen-bond acceptors (Lipinski definition) is 5.